The third-order valence-corrected chi connectivity index (χ3v) is 4.01. The summed E-state index contributed by atoms with van der Waals surface area (Å²) in [6, 6.07) is 13.7. The van der Waals surface area contributed by atoms with Gasteiger partial charge in [0.25, 0.3) is 11.8 Å². The molecule has 0 saturated carbocycles. The minimum absolute atomic E-state index is 0.0939. The zero-order chi connectivity index (χ0) is 22.1. The summed E-state index contributed by atoms with van der Waals surface area (Å²) in [5, 5.41) is 8.55. The summed E-state index contributed by atoms with van der Waals surface area (Å²) in [4.78, 5) is 25.0. The minimum Gasteiger partial charge on any atom is -0.491 e. The molecule has 2 aromatic rings. The van der Waals surface area contributed by atoms with E-state index in [1.54, 1.807) is 55.6 Å². The third kappa shape index (κ3) is 7.46. The van der Waals surface area contributed by atoms with Gasteiger partial charge < -0.3 is 20.1 Å². The van der Waals surface area contributed by atoms with E-state index in [-0.39, 0.29) is 22.5 Å². The molecule has 2 aromatic carbocycles. The fourth-order valence-electron chi connectivity index (χ4n) is 2.47. The Morgan fingerprint density at radius 1 is 0.967 bits per heavy atom. The number of thiocarbonyl (C=S) groups is 1. The van der Waals surface area contributed by atoms with E-state index in [9.17, 15) is 9.59 Å². The van der Waals surface area contributed by atoms with Crippen LogP contribution in [0.4, 0.5) is 5.69 Å². The molecule has 0 bridgehead atoms. The van der Waals surface area contributed by atoms with Crippen LogP contribution in [0.5, 0.6) is 5.75 Å². The van der Waals surface area contributed by atoms with Crippen LogP contribution in [0.2, 0.25) is 0 Å². The van der Waals surface area contributed by atoms with Crippen molar-refractivity contribution in [3.8, 4) is 5.75 Å². The molecule has 0 spiro atoms. The second-order valence-electron chi connectivity index (χ2n) is 7.52. The van der Waals surface area contributed by atoms with Crippen molar-refractivity contribution in [3.05, 3.63) is 59.7 Å². The molecule has 30 heavy (non-hydrogen) atoms. The van der Waals surface area contributed by atoms with Gasteiger partial charge in [-0.3, -0.25) is 14.9 Å². The van der Waals surface area contributed by atoms with E-state index in [1.807, 2.05) is 20.8 Å². The van der Waals surface area contributed by atoms with Crippen LogP contribution in [-0.2, 0) is 4.74 Å². The lowest BCUT2D eigenvalue weighted by atomic mass is 10.1. The molecule has 160 valence electrons. The van der Waals surface area contributed by atoms with Crippen molar-refractivity contribution in [2.45, 2.75) is 26.3 Å². The molecular formula is C22H27N3O4S. The van der Waals surface area contributed by atoms with E-state index in [0.717, 1.165) is 0 Å². The van der Waals surface area contributed by atoms with Crippen molar-refractivity contribution >= 4 is 34.8 Å². The maximum atomic E-state index is 12.5. The molecule has 0 heterocycles. The minimum atomic E-state index is -0.377. The average molecular weight is 430 g/mol. The monoisotopic (exact) mass is 429 g/mol. The number of benzene rings is 2. The molecule has 0 radical (unpaired) electrons. The number of methoxy groups -OCH3 is 1. The van der Waals surface area contributed by atoms with Crippen LogP contribution < -0.4 is 20.7 Å². The number of hydrogen-bond acceptors (Lipinski definition) is 5. The topological polar surface area (TPSA) is 88.7 Å². The summed E-state index contributed by atoms with van der Waals surface area (Å²) < 4.78 is 10.4. The molecule has 0 unspecified atom stereocenters. The first-order chi connectivity index (χ1) is 14.2. The van der Waals surface area contributed by atoms with E-state index in [1.165, 1.54) is 0 Å². The Balaban J connectivity index is 1.99. The van der Waals surface area contributed by atoms with Gasteiger partial charge in [0.1, 0.15) is 12.4 Å². The third-order valence-electron chi connectivity index (χ3n) is 3.81. The number of rotatable bonds is 7. The maximum absolute atomic E-state index is 12.5. The predicted octanol–water partition coefficient (Wildman–Crippen LogP) is 3.37. The number of amides is 2. The Morgan fingerprint density at radius 3 is 2.27 bits per heavy atom. The van der Waals surface area contributed by atoms with Gasteiger partial charge in [-0.25, -0.2) is 0 Å². The summed E-state index contributed by atoms with van der Waals surface area (Å²) in [7, 11) is 1.60. The standard InChI is InChI=1S/C22H27N3O4S/c1-22(2,3)25-20(27)17-7-5-6-8-18(17)23-21(30)24-19(26)15-9-11-16(12-10-15)29-14-13-28-4/h5-12H,13-14H2,1-4H3,(H,25,27)(H2,23,24,26,30). The van der Waals surface area contributed by atoms with Crippen molar-refractivity contribution in [1.29, 1.82) is 0 Å². The fourth-order valence-corrected chi connectivity index (χ4v) is 2.67. The summed E-state index contributed by atoms with van der Waals surface area (Å²) in [6.45, 7) is 6.62. The molecule has 0 aliphatic carbocycles. The Bertz CT molecular complexity index is 892. The van der Waals surface area contributed by atoms with Gasteiger partial charge in [-0.15, -0.1) is 0 Å². The van der Waals surface area contributed by atoms with Crippen LogP contribution in [0.1, 0.15) is 41.5 Å². The Hall–Kier alpha value is -2.97. The lowest BCUT2D eigenvalue weighted by Crippen LogP contribution is -2.41. The smallest absolute Gasteiger partial charge is 0.257 e. The van der Waals surface area contributed by atoms with Gasteiger partial charge in [-0.1, -0.05) is 12.1 Å². The molecular weight excluding hydrogens is 402 g/mol. The first-order valence-corrected chi connectivity index (χ1v) is 9.86. The summed E-state index contributed by atoms with van der Waals surface area (Å²) in [6.07, 6.45) is 0. The van der Waals surface area contributed by atoms with Gasteiger partial charge in [0.2, 0.25) is 0 Å². The van der Waals surface area contributed by atoms with Crippen LogP contribution in [0.3, 0.4) is 0 Å². The number of anilines is 1. The SMILES string of the molecule is COCCOc1ccc(C(=O)NC(=S)Nc2ccccc2C(=O)NC(C)(C)C)cc1. The average Bonchev–Trinajstić information content (AvgIpc) is 2.67. The van der Waals surface area contributed by atoms with Gasteiger partial charge in [-0.2, -0.15) is 0 Å². The van der Waals surface area contributed by atoms with E-state index < -0.39 is 0 Å². The number of para-hydroxylation sites is 1. The van der Waals surface area contributed by atoms with Crippen LogP contribution in [0.25, 0.3) is 0 Å². The predicted molar refractivity (Wildman–Crippen MR) is 121 cm³/mol. The van der Waals surface area contributed by atoms with Gasteiger partial charge in [0.15, 0.2) is 5.11 Å². The highest BCUT2D eigenvalue weighted by molar-refractivity contribution is 7.80. The Labute approximate surface area is 182 Å². The van der Waals surface area contributed by atoms with Crippen LogP contribution in [0, 0.1) is 0 Å². The first-order valence-electron chi connectivity index (χ1n) is 9.45. The maximum Gasteiger partial charge on any atom is 0.257 e. The first kappa shape index (κ1) is 23.3. The van der Waals surface area contributed by atoms with Crippen molar-refractivity contribution in [2.75, 3.05) is 25.6 Å². The molecule has 3 N–H and O–H groups in total. The van der Waals surface area contributed by atoms with Gasteiger partial charge in [-0.05, 0) is 69.4 Å². The van der Waals surface area contributed by atoms with Gasteiger partial charge in [0, 0.05) is 18.2 Å². The van der Waals surface area contributed by atoms with Gasteiger partial charge >= 0.3 is 0 Å². The summed E-state index contributed by atoms with van der Waals surface area (Å²) in [5.41, 5.74) is 0.989. The second kappa shape index (κ2) is 10.7. The highest BCUT2D eigenvalue weighted by Crippen LogP contribution is 2.17. The van der Waals surface area contributed by atoms with E-state index >= 15 is 0 Å². The molecule has 0 atom stereocenters. The molecule has 0 aliphatic heterocycles. The number of carbonyl (C=O) groups excluding carboxylic acids is 2. The van der Waals surface area contributed by atoms with E-state index in [0.29, 0.717) is 35.8 Å². The van der Waals surface area contributed by atoms with E-state index in [4.69, 9.17) is 21.7 Å². The molecule has 2 rings (SSSR count). The lowest BCUT2D eigenvalue weighted by molar-refractivity contribution is 0.0919. The molecule has 7 nitrogen and oxygen atoms in total. The van der Waals surface area contributed by atoms with Crippen molar-refractivity contribution in [2.24, 2.45) is 0 Å². The Morgan fingerprint density at radius 2 is 1.63 bits per heavy atom. The number of ether oxygens (including phenoxy) is 2. The number of hydrogen-bond donors (Lipinski definition) is 3. The van der Waals surface area contributed by atoms with Crippen LogP contribution in [-0.4, -0.2) is 42.8 Å². The van der Waals surface area contributed by atoms with E-state index in [2.05, 4.69) is 16.0 Å². The summed E-state index contributed by atoms with van der Waals surface area (Å²) >= 11 is 5.25. The summed E-state index contributed by atoms with van der Waals surface area (Å²) in [5.74, 6) is 0.0412. The zero-order valence-corrected chi connectivity index (χ0v) is 18.4. The number of carbonyl (C=O) groups is 2. The number of nitrogens with one attached hydrogen (secondary N) is 3. The normalized spacial score (nSPS) is 10.8. The quantitative estimate of drug-likeness (QED) is 0.462. The highest BCUT2D eigenvalue weighted by atomic mass is 32.1. The molecule has 0 fully saturated rings. The Kier molecular flexibility index (Phi) is 8.32. The van der Waals surface area contributed by atoms with Gasteiger partial charge in [0.05, 0.1) is 17.9 Å². The molecule has 0 aromatic heterocycles. The zero-order valence-electron chi connectivity index (χ0n) is 17.6. The van der Waals surface area contributed by atoms with Crippen molar-refractivity contribution < 1.29 is 19.1 Å². The lowest BCUT2D eigenvalue weighted by Gasteiger charge is -2.21. The van der Waals surface area contributed by atoms with Crippen LogP contribution >= 0.6 is 12.2 Å². The highest BCUT2D eigenvalue weighted by Gasteiger charge is 2.18. The molecule has 8 heteroatoms. The fraction of sp³-hybridized carbons (Fsp3) is 0.318. The van der Waals surface area contributed by atoms with Crippen molar-refractivity contribution in [3.63, 3.8) is 0 Å². The second-order valence-corrected chi connectivity index (χ2v) is 7.93. The van der Waals surface area contributed by atoms with Crippen molar-refractivity contribution in [1.82, 2.24) is 10.6 Å². The largest absolute Gasteiger partial charge is 0.491 e. The van der Waals surface area contributed by atoms with Crippen LogP contribution in [0.15, 0.2) is 48.5 Å². The molecule has 2 amide bonds. The molecule has 0 saturated heterocycles. The molecule has 0 aliphatic rings.